The van der Waals surface area contributed by atoms with Gasteiger partial charge in [-0.15, -0.1) is 0 Å². The van der Waals surface area contributed by atoms with Gasteiger partial charge in [-0.25, -0.2) is 4.39 Å². The molecule has 1 saturated heterocycles. The number of ether oxygens (including phenoxy) is 1. The topological polar surface area (TPSA) is 51.5 Å². The molecule has 1 aromatic heterocycles. The van der Waals surface area contributed by atoms with Gasteiger partial charge < -0.3 is 14.2 Å². The minimum Gasteiger partial charge on any atom is -0.479 e. The molecule has 1 fully saturated rings. The third-order valence-corrected chi connectivity index (χ3v) is 5.08. The largest absolute Gasteiger partial charge is 0.479 e. The number of fused-ring (bicyclic) bond motifs is 4. The third-order valence-electron chi connectivity index (χ3n) is 5.08. The van der Waals surface area contributed by atoms with Crippen LogP contribution in [-0.2, 0) is 10.4 Å². The summed E-state index contributed by atoms with van der Waals surface area (Å²) in [7, 11) is 0. The summed E-state index contributed by atoms with van der Waals surface area (Å²) in [6.07, 6.45) is -4.17. The van der Waals surface area contributed by atoms with Gasteiger partial charge in [0.15, 0.2) is 17.7 Å². The lowest BCUT2D eigenvalue weighted by Gasteiger charge is -2.45. The van der Waals surface area contributed by atoms with Crippen molar-refractivity contribution in [3.8, 4) is 11.4 Å². The van der Waals surface area contributed by atoms with Crippen molar-refractivity contribution in [2.45, 2.75) is 24.6 Å². The Bertz CT molecular complexity index is 927. The van der Waals surface area contributed by atoms with E-state index in [-0.39, 0.29) is 43.1 Å². The molecule has 2 aliphatic rings. The summed E-state index contributed by atoms with van der Waals surface area (Å²) in [6.45, 7) is -0.324. The molecule has 4 rings (SSSR count). The van der Waals surface area contributed by atoms with Crippen LogP contribution in [0.1, 0.15) is 29.0 Å². The van der Waals surface area contributed by atoms with E-state index in [9.17, 15) is 27.2 Å². The first-order chi connectivity index (χ1) is 12.8. The maximum atomic E-state index is 14.4. The van der Waals surface area contributed by atoms with Gasteiger partial charge >= 0.3 is 12.1 Å². The summed E-state index contributed by atoms with van der Waals surface area (Å²) in [5.41, 5.74) is -0.238. The molecular weight excluding hydrogens is 368 g/mol. The summed E-state index contributed by atoms with van der Waals surface area (Å²) in [5.74, 6) is -2.26. The number of rotatable bonds is 1. The zero-order valence-electron chi connectivity index (χ0n) is 13.9. The third kappa shape index (κ3) is 2.60. The number of aldehydes is 1. The first-order valence-electron chi connectivity index (χ1n) is 8.28. The van der Waals surface area contributed by atoms with E-state index in [0.29, 0.717) is 12.0 Å². The molecule has 0 aliphatic carbocycles. The lowest BCUT2D eigenvalue weighted by atomic mass is 9.86. The predicted molar refractivity (Wildman–Crippen MR) is 85.3 cm³/mol. The van der Waals surface area contributed by atoms with E-state index < -0.39 is 23.5 Å². The smallest absolute Gasteiger partial charge is 0.471 e. The number of carbonyl (C=O) groups excluding carboxylic acids is 2. The normalized spacial score (nSPS) is 17.9. The molecular formula is C18H14F4N2O3. The molecule has 27 heavy (non-hydrogen) atoms. The number of alkyl halides is 3. The molecule has 142 valence electrons. The number of likely N-dealkylation sites (tertiary alicyclic amines) is 1. The Kier molecular flexibility index (Phi) is 3.79. The van der Waals surface area contributed by atoms with Gasteiger partial charge in [0.05, 0.1) is 11.4 Å². The van der Waals surface area contributed by atoms with E-state index >= 15 is 0 Å². The van der Waals surface area contributed by atoms with Crippen LogP contribution in [0.2, 0.25) is 0 Å². The van der Waals surface area contributed by atoms with Gasteiger partial charge in [-0.2, -0.15) is 13.2 Å². The molecule has 1 spiro atoms. The molecule has 1 aromatic carbocycles. The summed E-state index contributed by atoms with van der Waals surface area (Å²) >= 11 is 0. The highest BCUT2D eigenvalue weighted by Crippen LogP contribution is 2.46. The minimum absolute atomic E-state index is 0.0904. The number of piperidine rings is 1. The Balaban J connectivity index is 1.74. The van der Waals surface area contributed by atoms with Crippen molar-refractivity contribution in [2.75, 3.05) is 13.1 Å². The van der Waals surface area contributed by atoms with Crippen LogP contribution in [-0.4, -0.2) is 40.9 Å². The van der Waals surface area contributed by atoms with Crippen molar-refractivity contribution in [1.29, 1.82) is 0 Å². The monoisotopic (exact) mass is 382 g/mol. The molecule has 0 atom stereocenters. The Hall–Kier alpha value is -2.84. The van der Waals surface area contributed by atoms with Crippen molar-refractivity contribution in [2.24, 2.45) is 0 Å². The van der Waals surface area contributed by atoms with Gasteiger partial charge in [0.25, 0.3) is 0 Å². The van der Waals surface area contributed by atoms with E-state index in [0.717, 1.165) is 4.90 Å². The van der Waals surface area contributed by atoms with E-state index in [1.807, 2.05) is 0 Å². The van der Waals surface area contributed by atoms with Gasteiger partial charge in [0, 0.05) is 25.9 Å². The number of nitrogens with zero attached hydrogens (tertiary/aromatic N) is 2. The molecule has 9 heteroatoms. The van der Waals surface area contributed by atoms with Crippen LogP contribution < -0.4 is 4.74 Å². The fraction of sp³-hybridized carbons (Fsp3) is 0.333. The van der Waals surface area contributed by atoms with Gasteiger partial charge in [-0.05, 0) is 24.3 Å². The van der Waals surface area contributed by atoms with Gasteiger partial charge in [0.2, 0.25) is 0 Å². The number of hydrogen-bond donors (Lipinski definition) is 0. The SMILES string of the molecule is O=Cc1ccc2n1-c1c(F)cccc1OC21CCN(C(=O)C(F)(F)F)CC1. The predicted octanol–water partition coefficient (Wildman–Crippen LogP) is 3.20. The minimum atomic E-state index is -4.93. The summed E-state index contributed by atoms with van der Waals surface area (Å²) in [4.78, 5) is 23.7. The first kappa shape index (κ1) is 17.6. The second kappa shape index (κ2) is 5.83. The second-order valence-corrected chi connectivity index (χ2v) is 6.57. The zero-order valence-corrected chi connectivity index (χ0v) is 13.9. The molecule has 0 unspecified atom stereocenters. The molecule has 3 heterocycles. The Morgan fingerprint density at radius 3 is 2.48 bits per heavy atom. The van der Waals surface area contributed by atoms with E-state index in [1.165, 1.54) is 22.8 Å². The molecule has 0 bridgehead atoms. The number of amides is 1. The van der Waals surface area contributed by atoms with Gasteiger partial charge in [0.1, 0.15) is 11.4 Å². The fourth-order valence-electron chi connectivity index (χ4n) is 3.82. The average molecular weight is 382 g/mol. The molecule has 2 aliphatic heterocycles. The van der Waals surface area contributed by atoms with Crippen LogP contribution in [0.15, 0.2) is 30.3 Å². The highest BCUT2D eigenvalue weighted by atomic mass is 19.4. The van der Waals surface area contributed by atoms with E-state index in [2.05, 4.69) is 0 Å². The standard InChI is InChI=1S/C18H14F4N2O3/c19-12-2-1-3-13-15(12)24-11(10-25)4-5-14(24)17(27-13)6-8-23(9-7-17)16(26)18(20,21)22/h1-5,10H,6-9H2. The van der Waals surface area contributed by atoms with Crippen LogP contribution in [0.5, 0.6) is 5.75 Å². The highest BCUT2D eigenvalue weighted by Gasteiger charge is 2.49. The summed E-state index contributed by atoms with van der Waals surface area (Å²) < 4.78 is 60.0. The Morgan fingerprint density at radius 1 is 1.15 bits per heavy atom. The molecule has 0 radical (unpaired) electrons. The quantitative estimate of drug-likeness (QED) is 0.562. The van der Waals surface area contributed by atoms with Crippen LogP contribution in [0.4, 0.5) is 17.6 Å². The van der Waals surface area contributed by atoms with Crippen molar-refractivity contribution >= 4 is 12.2 Å². The molecule has 0 saturated carbocycles. The van der Waals surface area contributed by atoms with Crippen LogP contribution in [0.25, 0.3) is 5.69 Å². The number of benzene rings is 1. The van der Waals surface area contributed by atoms with E-state index in [4.69, 9.17) is 4.74 Å². The molecule has 1 amide bonds. The lowest BCUT2D eigenvalue weighted by molar-refractivity contribution is -0.188. The van der Waals surface area contributed by atoms with Gasteiger partial charge in [-0.3, -0.25) is 9.59 Å². The first-order valence-corrected chi connectivity index (χ1v) is 8.28. The maximum absolute atomic E-state index is 14.4. The number of carbonyl (C=O) groups is 2. The zero-order chi connectivity index (χ0) is 19.4. The number of para-hydroxylation sites is 1. The molecule has 0 N–H and O–H groups in total. The molecule has 2 aromatic rings. The van der Waals surface area contributed by atoms with Crippen molar-refractivity contribution in [3.63, 3.8) is 0 Å². The highest BCUT2D eigenvalue weighted by molar-refractivity contribution is 5.82. The summed E-state index contributed by atoms with van der Waals surface area (Å²) in [6, 6.07) is 7.37. The lowest BCUT2D eigenvalue weighted by Crippen LogP contribution is -2.52. The van der Waals surface area contributed by atoms with Crippen LogP contribution in [0, 0.1) is 5.82 Å². The fourth-order valence-corrected chi connectivity index (χ4v) is 3.82. The van der Waals surface area contributed by atoms with Crippen molar-refractivity contribution in [3.05, 3.63) is 47.5 Å². The number of halogens is 4. The number of hydrogen-bond acceptors (Lipinski definition) is 3. The number of aromatic nitrogens is 1. The summed E-state index contributed by atoms with van der Waals surface area (Å²) in [5, 5.41) is 0. The molecule has 5 nitrogen and oxygen atoms in total. The van der Waals surface area contributed by atoms with Crippen LogP contribution >= 0.6 is 0 Å². The average Bonchev–Trinajstić information content (AvgIpc) is 3.06. The van der Waals surface area contributed by atoms with Crippen molar-refractivity contribution < 1.29 is 31.9 Å². The van der Waals surface area contributed by atoms with Crippen molar-refractivity contribution in [1.82, 2.24) is 9.47 Å². The van der Waals surface area contributed by atoms with E-state index in [1.54, 1.807) is 12.1 Å². The Labute approximate surface area is 151 Å². The maximum Gasteiger partial charge on any atom is 0.471 e. The van der Waals surface area contributed by atoms with Crippen LogP contribution in [0.3, 0.4) is 0 Å². The Morgan fingerprint density at radius 2 is 1.85 bits per heavy atom. The second-order valence-electron chi connectivity index (χ2n) is 6.57. The van der Waals surface area contributed by atoms with Gasteiger partial charge in [-0.1, -0.05) is 6.07 Å².